The Morgan fingerprint density at radius 2 is 2.00 bits per heavy atom. The topological polar surface area (TPSA) is 70.2 Å². The second-order valence-electron chi connectivity index (χ2n) is 8.72. The Bertz CT molecular complexity index is 863. The van der Waals surface area contributed by atoms with E-state index in [1.54, 1.807) is 0 Å². The van der Waals surface area contributed by atoms with Gasteiger partial charge in [-0.1, -0.05) is 18.6 Å². The Kier molecular flexibility index (Phi) is 4.99. The van der Waals surface area contributed by atoms with Crippen LogP contribution in [0.1, 0.15) is 37.9 Å². The molecule has 3 fully saturated rings. The zero-order valence-corrected chi connectivity index (χ0v) is 16.4. The number of carbonyl (C=O) groups excluding carboxylic acids is 1. The summed E-state index contributed by atoms with van der Waals surface area (Å²) in [5.41, 5.74) is 0.901. The van der Waals surface area contributed by atoms with Gasteiger partial charge in [0.1, 0.15) is 11.6 Å². The summed E-state index contributed by atoms with van der Waals surface area (Å²) in [7, 11) is 0. The molecule has 1 aromatic carbocycles. The molecule has 1 amide bonds. The highest BCUT2D eigenvalue weighted by Gasteiger charge is 2.40. The van der Waals surface area contributed by atoms with Crippen LogP contribution in [-0.2, 0) is 11.3 Å². The van der Waals surface area contributed by atoms with Gasteiger partial charge < -0.3 is 10.6 Å². The highest BCUT2D eigenvalue weighted by atomic mass is 16.1. The fraction of sp³-hybridized carbons (Fsp3) is 0.591. The Balaban J connectivity index is 1.34. The Morgan fingerprint density at radius 3 is 2.79 bits per heavy atom. The molecule has 1 aromatic heterocycles. The lowest BCUT2D eigenvalue weighted by Gasteiger charge is -2.26. The molecule has 3 aliphatic rings. The van der Waals surface area contributed by atoms with Gasteiger partial charge in [-0.05, 0) is 49.1 Å². The van der Waals surface area contributed by atoms with Crippen LogP contribution < -0.4 is 10.6 Å². The second kappa shape index (κ2) is 7.76. The van der Waals surface area contributed by atoms with Gasteiger partial charge in [-0.25, -0.2) is 9.97 Å². The molecular formula is C22H29N5O. The summed E-state index contributed by atoms with van der Waals surface area (Å²) in [5.74, 6) is 3.76. The molecule has 28 heavy (non-hydrogen) atoms. The number of carbonyl (C=O) groups is 1. The van der Waals surface area contributed by atoms with Gasteiger partial charge in [-0.2, -0.15) is 0 Å². The molecule has 2 bridgehead atoms. The number of piperazine rings is 1. The molecule has 1 aliphatic heterocycles. The van der Waals surface area contributed by atoms with Crippen molar-refractivity contribution in [2.75, 3.05) is 31.5 Å². The zero-order valence-electron chi connectivity index (χ0n) is 16.4. The molecule has 0 spiro atoms. The third-order valence-electron chi connectivity index (χ3n) is 6.81. The van der Waals surface area contributed by atoms with Gasteiger partial charge in [0, 0.05) is 38.0 Å². The molecule has 1 saturated heterocycles. The number of anilines is 1. The number of hydrogen-bond acceptors (Lipinski definition) is 5. The van der Waals surface area contributed by atoms with E-state index >= 15 is 0 Å². The van der Waals surface area contributed by atoms with Crippen molar-refractivity contribution in [1.82, 2.24) is 20.2 Å². The van der Waals surface area contributed by atoms with Crippen molar-refractivity contribution in [2.24, 2.45) is 17.8 Å². The molecule has 6 heteroatoms. The normalized spacial score (nSPS) is 27.4. The number of fused-ring (bicyclic) bond motifs is 3. The number of nitrogens with zero attached hydrogens (tertiary/aromatic N) is 3. The molecule has 6 nitrogen and oxygen atoms in total. The van der Waals surface area contributed by atoms with Gasteiger partial charge in [-0.15, -0.1) is 0 Å². The standard InChI is InChI=1S/C22H29N5O/c28-21(13-17-12-15-5-6-16(17)11-15)26-22-18-3-1-2-4-19(18)24-20(25-22)14-27-9-7-23-8-10-27/h1-4,15-17,23H,5-14H2,(H,24,25,26,28). The van der Waals surface area contributed by atoms with Crippen LogP contribution in [0.4, 0.5) is 5.82 Å². The third kappa shape index (κ3) is 3.76. The third-order valence-corrected chi connectivity index (χ3v) is 6.81. The van der Waals surface area contributed by atoms with E-state index in [0.29, 0.717) is 18.2 Å². The van der Waals surface area contributed by atoms with E-state index in [-0.39, 0.29) is 5.91 Å². The fourth-order valence-electron chi connectivity index (χ4n) is 5.41. The molecule has 2 aromatic rings. The van der Waals surface area contributed by atoms with Crippen LogP contribution in [0.25, 0.3) is 10.9 Å². The molecule has 3 unspecified atom stereocenters. The Morgan fingerprint density at radius 1 is 1.14 bits per heavy atom. The number of para-hydroxylation sites is 1. The molecule has 148 valence electrons. The van der Waals surface area contributed by atoms with Gasteiger partial charge in [0.05, 0.1) is 12.1 Å². The number of rotatable bonds is 5. The average molecular weight is 380 g/mol. The molecule has 0 radical (unpaired) electrons. The Labute approximate surface area is 166 Å². The molecule has 2 N–H and O–H groups in total. The summed E-state index contributed by atoms with van der Waals surface area (Å²) in [6.07, 6.45) is 5.88. The van der Waals surface area contributed by atoms with E-state index < -0.39 is 0 Å². The highest BCUT2D eigenvalue weighted by Crippen LogP contribution is 2.49. The summed E-state index contributed by atoms with van der Waals surface area (Å²) < 4.78 is 0. The maximum Gasteiger partial charge on any atom is 0.225 e. The summed E-state index contributed by atoms with van der Waals surface area (Å²) in [5, 5.41) is 7.43. The van der Waals surface area contributed by atoms with Crippen molar-refractivity contribution in [3.63, 3.8) is 0 Å². The molecule has 2 aliphatic carbocycles. The fourth-order valence-corrected chi connectivity index (χ4v) is 5.41. The summed E-state index contributed by atoms with van der Waals surface area (Å²) in [6.45, 7) is 4.73. The van der Waals surface area contributed by atoms with Crippen LogP contribution in [0, 0.1) is 17.8 Å². The van der Waals surface area contributed by atoms with Gasteiger partial charge in [0.25, 0.3) is 0 Å². The van der Waals surface area contributed by atoms with Gasteiger partial charge >= 0.3 is 0 Å². The van der Waals surface area contributed by atoms with Crippen molar-refractivity contribution >= 4 is 22.6 Å². The van der Waals surface area contributed by atoms with E-state index in [1.165, 1.54) is 25.7 Å². The van der Waals surface area contributed by atoms with E-state index in [1.807, 2.05) is 24.3 Å². The van der Waals surface area contributed by atoms with Crippen molar-refractivity contribution < 1.29 is 4.79 Å². The van der Waals surface area contributed by atoms with Gasteiger partial charge in [0.15, 0.2) is 0 Å². The first kappa shape index (κ1) is 18.0. The monoisotopic (exact) mass is 379 g/mol. The molecule has 2 saturated carbocycles. The first-order valence-corrected chi connectivity index (χ1v) is 10.7. The SMILES string of the molecule is O=C(CC1CC2CCC1C2)Nc1nc(CN2CCNCC2)nc2ccccc12. The van der Waals surface area contributed by atoms with Crippen molar-refractivity contribution in [1.29, 1.82) is 0 Å². The van der Waals surface area contributed by atoms with Crippen LogP contribution in [0.5, 0.6) is 0 Å². The number of hydrogen-bond donors (Lipinski definition) is 2. The number of amides is 1. The maximum absolute atomic E-state index is 12.8. The van der Waals surface area contributed by atoms with Crippen LogP contribution in [0.15, 0.2) is 24.3 Å². The maximum atomic E-state index is 12.8. The summed E-state index contributed by atoms with van der Waals surface area (Å²) >= 11 is 0. The zero-order chi connectivity index (χ0) is 18.9. The molecule has 2 heterocycles. The minimum absolute atomic E-state index is 0.106. The average Bonchev–Trinajstić information content (AvgIpc) is 3.32. The molecule has 3 atom stereocenters. The molecule has 5 rings (SSSR count). The minimum Gasteiger partial charge on any atom is -0.314 e. The number of benzene rings is 1. The van der Waals surface area contributed by atoms with Crippen LogP contribution in [-0.4, -0.2) is 47.0 Å². The van der Waals surface area contributed by atoms with Crippen molar-refractivity contribution in [3.05, 3.63) is 30.1 Å². The lowest BCUT2D eigenvalue weighted by Crippen LogP contribution is -2.43. The van der Waals surface area contributed by atoms with E-state index in [0.717, 1.165) is 61.3 Å². The van der Waals surface area contributed by atoms with Crippen molar-refractivity contribution in [3.8, 4) is 0 Å². The minimum atomic E-state index is 0.106. The largest absolute Gasteiger partial charge is 0.314 e. The van der Waals surface area contributed by atoms with Crippen LogP contribution in [0.3, 0.4) is 0 Å². The summed E-state index contributed by atoms with van der Waals surface area (Å²) in [6, 6.07) is 7.97. The lowest BCUT2D eigenvalue weighted by atomic mass is 9.86. The molecular weight excluding hydrogens is 350 g/mol. The second-order valence-corrected chi connectivity index (χ2v) is 8.72. The number of nitrogens with one attached hydrogen (secondary N) is 2. The van der Waals surface area contributed by atoms with Crippen LogP contribution in [0.2, 0.25) is 0 Å². The quantitative estimate of drug-likeness (QED) is 0.836. The number of aromatic nitrogens is 2. The first-order valence-electron chi connectivity index (χ1n) is 10.7. The lowest BCUT2D eigenvalue weighted by molar-refractivity contribution is -0.117. The predicted molar refractivity (Wildman–Crippen MR) is 110 cm³/mol. The van der Waals surface area contributed by atoms with Crippen LogP contribution >= 0.6 is 0 Å². The Hall–Kier alpha value is -2.05. The summed E-state index contributed by atoms with van der Waals surface area (Å²) in [4.78, 5) is 24.7. The first-order chi connectivity index (χ1) is 13.7. The van der Waals surface area contributed by atoms with E-state index in [2.05, 4.69) is 15.5 Å². The predicted octanol–water partition coefficient (Wildman–Crippen LogP) is 2.80. The smallest absolute Gasteiger partial charge is 0.225 e. The van der Waals surface area contributed by atoms with E-state index in [9.17, 15) is 4.79 Å². The highest BCUT2D eigenvalue weighted by molar-refractivity contribution is 5.99. The van der Waals surface area contributed by atoms with Crippen molar-refractivity contribution in [2.45, 2.75) is 38.6 Å². The van der Waals surface area contributed by atoms with Gasteiger partial charge in [0.2, 0.25) is 5.91 Å². The van der Waals surface area contributed by atoms with Gasteiger partial charge in [-0.3, -0.25) is 9.69 Å². The van der Waals surface area contributed by atoms with E-state index in [4.69, 9.17) is 9.97 Å².